The molecular weight excluding hydrogens is 463 g/mol. The van der Waals surface area contributed by atoms with E-state index in [1.165, 1.54) is 0 Å². The van der Waals surface area contributed by atoms with Gasteiger partial charge in [0.05, 0.1) is 0 Å². The Kier molecular flexibility index (Phi) is 7.18. The number of carbonyl (C=O) groups is 1. The van der Waals surface area contributed by atoms with Gasteiger partial charge in [0, 0.05) is 0 Å². The van der Waals surface area contributed by atoms with Gasteiger partial charge in [0.2, 0.25) is 0 Å². The van der Waals surface area contributed by atoms with Crippen LogP contribution in [0.1, 0.15) is 40.0 Å². The van der Waals surface area contributed by atoms with Crippen molar-refractivity contribution >= 4 is 35.5 Å². The molecule has 0 radical (unpaired) electrons. The van der Waals surface area contributed by atoms with Gasteiger partial charge in [-0.3, -0.25) is 0 Å². The maximum absolute atomic E-state index is 13.7. The molecule has 0 aromatic heterocycles. The molecule has 0 aliphatic heterocycles. The predicted octanol–water partition coefficient (Wildman–Crippen LogP) is 4.41. The van der Waals surface area contributed by atoms with Crippen LogP contribution in [0.25, 0.3) is 0 Å². The van der Waals surface area contributed by atoms with E-state index >= 15 is 0 Å². The quantitative estimate of drug-likeness (QED) is 0.435. The number of rotatable bonds is 8. The van der Waals surface area contributed by atoms with Crippen LogP contribution in [0.4, 0.5) is 0 Å². The molecule has 0 N–H and O–H groups in total. The van der Waals surface area contributed by atoms with Crippen LogP contribution >= 0.6 is 0 Å². The predicted molar refractivity (Wildman–Crippen MR) is 123 cm³/mol. The van der Waals surface area contributed by atoms with Crippen LogP contribution in [0.3, 0.4) is 0 Å². The standard InChI is InChI=1S/C8H16O2.3C6H5.Sn/c1-4-8(5-2,6-3)7(9)10;3*1-2-4-6-5-3-1;/h4-6H2,1-3H3,(H,9,10);3*1-5H;/q;;;;+1/p-1. The van der Waals surface area contributed by atoms with Crippen molar-refractivity contribution in [2.24, 2.45) is 5.41 Å². The summed E-state index contributed by atoms with van der Waals surface area (Å²) < 4.78 is 10.3. The van der Waals surface area contributed by atoms with Crippen molar-refractivity contribution in [2.45, 2.75) is 40.0 Å². The van der Waals surface area contributed by atoms with Crippen molar-refractivity contribution in [3.8, 4) is 0 Å². The van der Waals surface area contributed by atoms with Crippen molar-refractivity contribution in [1.82, 2.24) is 0 Å². The fraction of sp³-hybridized carbons (Fsp3) is 0.269. The van der Waals surface area contributed by atoms with Crippen LogP contribution in [0.5, 0.6) is 0 Å². The molecule has 3 aromatic rings. The van der Waals surface area contributed by atoms with E-state index in [1.54, 1.807) is 0 Å². The molecule has 0 bridgehead atoms. The minimum atomic E-state index is -4.02. The summed E-state index contributed by atoms with van der Waals surface area (Å²) in [5.41, 5.74) is -0.430. The van der Waals surface area contributed by atoms with Crippen molar-refractivity contribution in [3.05, 3.63) is 91.0 Å². The van der Waals surface area contributed by atoms with E-state index in [2.05, 4.69) is 57.2 Å². The number of hydrogen-bond acceptors (Lipinski definition) is 2. The second-order valence-electron chi connectivity index (χ2n) is 7.51. The molecule has 0 unspecified atom stereocenters. The van der Waals surface area contributed by atoms with Crippen LogP contribution < -0.4 is 10.7 Å². The Balaban J connectivity index is 2.27. The molecule has 3 heteroatoms. The van der Waals surface area contributed by atoms with Gasteiger partial charge in [-0.25, -0.2) is 0 Å². The molecule has 0 heterocycles. The third-order valence-corrected chi connectivity index (χ3v) is 17.5. The molecule has 0 spiro atoms. The maximum atomic E-state index is 13.7. The Morgan fingerprint density at radius 3 is 1.24 bits per heavy atom. The van der Waals surface area contributed by atoms with E-state index in [0.717, 1.165) is 30.0 Å². The number of carbonyl (C=O) groups excluding carboxylic acids is 1. The normalized spacial score (nSPS) is 11.8. The Morgan fingerprint density at radius 1 is 0.655 bits per heavy atom. The molecule has 0 saturated carbocycles. The zero-order valence-corrected chi connectivity index (χ0v) is 20.5. The fourth-order valence-corrected chi connectivity index (χ4v) is 15.1. The van der Waals surface area contributed by atoms with Gasteiger partial charge >= 0.3 is 180 Å². The number of hydrogen-bond donors (Lipinski definition) is 0. The first-order valence-corrected chi connectivity index (χ1v) is 16.0. The second kappa shape index (κ2) is 9.62. The third-order valence-electron chi connectivity index (χ3n) is 6.25. The van der Waals surface area contributed by atoms with Gasteiger partial charge in [0.25, 0.3) is 0 Å². The van der Waals surface area contributed by atoms with E-state index in [0.29, 0.717) is 0 Å². The molecule has 0 aliphatic carbocycles. The summed E-state index contributed by atoms with van der Waals surface area (Å²) in [4.78, 5) is 13.7. The molecule has 0 saturated heterocycles. The van der Waals surface area contributed by atoms with Gasteiger partial charge in [-0.2, -0.15) is 0 Å². The molecule has 0 atom stereocenters. The summed E-state index contributed by atoms with van der Waals surface area (Å²) in [6, 6.07) is 31.2. The Morgan fingerprint density at radius 2 is 0.966 bits per heavy atom. The zero-order chi connectivity index (χ0) is 20.7. The van der Waals surface area contributed by atoms with Gasteiger partial charge < -0.3 is 0 Å². The molecule has 0 amide bonds. The van der Waals surface area contributed by atoms with Crippen LogP contribution in [0.2, 0.25) is 0 Å². The van der Waals surface area contributed by atoms with Crippen LogP contribution in [-0.4, -0.2) is 24.8 Å². The molecule has 3 rings (SSSR count). The van der Waals surface area contributed by atoms with Crippen molar-refractivity contribution < 1.29 is 7.87 Å². The Bertz CT molecular complexity index is 798. The summed E-state index contributed by atoms with van der Waals surface area (Å²) in [6.07, 6.45) is 2.37. The molecule has 150 valence electrons. The summed E-state index contributed by atoms with van der Waals surface area (Å²) in [5, 5.41) is 0. The summed E-state index contributed by atoms with van der Waals surface area (Å²) in [7, 11) is 0. The summed E-state index contributed by atoms with van der Waals surface area (Å²) in [6.45, 7) is 6.29. The molecule has 2 nitrogen and oxygen atoms in total. The first-order valence-electron chi connectivity index (χ1n) is 10.5. The van der Waals surface area contributed by atoms with Gasteiger partial charge in [0.15, 0.2) is 0 Å². The average molecular weight is 493 g/mol. The van der Waals surface area contributed by atoms with Crippen molar-refractivity contribution in [1.29, 1.82) is 0 Å². The van der Waals surface area contributed by atoms with Gasteiger partial charge in [0.1, 0.15) is 0 Å². The fourth-order valence-electron chi connectivity index (χ4n) is 4.13. The molecule has 0 aliphatic rings. The van der Waals surface area contributed by atoms with E-state index in [4.69, 9.17) is 3.07 Å². The first kappa shape index (κ1) is 21.6. The van der Waals surface area contributed by atoms with Crippen molar-refractivity contribution in [2.75, 3.05) is 0 Å². The van der Waals surface area contributed by atoms with Crippen LogP contribution in [-0.2, 0) is 7.87 Å². The summed E-state index contributed by atoms with van der Waals surface area (Å²) >= 11 is -4.02. The van der Waals surface area contributed by atoms with E-state index in [9.17, 15) is 4.79 Å². The molecule has 29 heavy (non-hydrogen) atoms. The van der Waals surface area contributed by atoms with Gasteiger partial charge in [-0.05, 0) is 0 Å². The second-order valence-corrected chi connectivity index (χ2v) is 16.9. The minimum absolute atomic E-state index is 0.0441. The topological polar surface area (TPSA) is 26.3 Å². The first-order chi connectivity index (χ1) is 14.1. The molecule has 0 fully saturated rings. The van der Waals surface area contributed by atoms with Crippen LogP contribution in [0.15, 0.2) is 91.0 Å². The van der Waals surface area contributed by atoms with E-state index in [1.807, 2.05) is 54.6 Å². The zero-order valence-electron chi connectivity index (χ0n) is 17.6. The van der Waals surface area contributed by atoms with Crippen molar-refractivity contribution in [3.63, 3.8) is 0 Å². The molecule has 3 aromatic carbocycles. The third kappa shape index (κ3) is 4.13. The van der Waals surface area contributed by atoms with E-state index < -0.39 is 24.2 Å². The van der Waals surface area contributed by atoms with E-state index in [-0.39, 0.29) is 5.97 Å². The molecular formula is C26H30O2Sn. The Hall–Kier alpha value is -2.07. The van der Waals surface area contributed by atoms with Gasteiger partial charge in [-0.1, -0.05) is 0 Å². The SMILES string of the molecule is CCC(CC)(CC)C(=O)[O][Sn]([c]1ccccc1)([c]1ccccc1)[c]1ccccc1. The summed E-state index contributed by atoms with van der Waals surface area (Å²) in [5.74, 6) is -0.0441. The average Bonchev–Trinajstić information content (AvgIpc) is 2.81. The monoisotopic (exact) mass is 494 g/mol. The van der Waals surface area contributed by atoms with Crippen LogP contribution in [0, 0.1) is 5.41 Å². The van der Waals surface area contributed by atoms with Gasteiger partial charge in [-0.15, -0.1) is 0 Å². The Labute approximate surface area is 179 Å². The number of benzene rings is 3.